The lowest BCUT2D eigenvalue weighted by Gasteiger charge is -2.19. The minimum atomic E-state index is -0.300. The average Bonchev–Trinajstić information content (AvgIpc) is 3.07. The molecular weight excluding hydrogens is 300 g/mol. The van der Waals surface area contributed by atoms with E-state index in [0.717, 1.165) is 5.01 Å². The van der Waals surface area contributed by atoms with Crippen molar-refractivity contribution in [3.63, 3.8) is 0 Å². The summed E-state index contributed by atoms with van der Waals surface area (Å²) < 4.78 is 1.61. The highest BCUT2D eigenvalue weighted by Gasteiger charge is 2.22. The molecule has 0 atom stereocenters. The number of amides is 1. The molecule has 2 heterocycles. The summed E-state index contributed by atoms with van der Waals surface area (Å²) in [5, 5.41) is 16.2. The molecule has 0 aromatic carbocycles. The van der Waals surface area contributed by atoms with E-state index in [0.29, 0.717) is 18.1 Å². The van der Waals surface area contributed by atoms with E-state index in [1.54, 1.807) is 17.1 Å². The van der Waals surface area contributed by atoms with Crippen LogP contribution >= 0.6 is 22.9 Å². The van der Waals surface area contributed by atoms with E-state index in [4.69, 9.17) is 16.7 Å². The molecule has 108 valence electrons. The molecule has 0 aliphatic heterocycles. The molecule has 0 radical (unpaired) electrons. The van der Waals surface area contributed by atoms with Crippen molar-refractivity contribution in [3.05, 3.63) is 33.5 Å². The van der Waals surface area contributed by atoms with Gasteiger partial charge in [0.1, 0.15) is 5.01 Å². The third kappa shape index (κ3) is 3.36. The van der Waals surface area contributed by atoms with Gasteiger partial charge in [-0.25, -0.2) is 4.98 Å². The average molecular weight is 315 g/mol. The van der Waals surface area contributed by atoms with Gasteiger partial charge in [-0.2, -0.15) is 5.10 Å². The lowest BCUT2D eigenvalue weighted by atomic mass is 10.3. The Hall–Kier alpha value is -1.44. The summed E-state index contributed by atoms with van der Waals surface area (Å²) in [4.78, 5) is 18.1. The van der Waals surface area contributed by atoms with Gasteiger partial charge in [-0.1, -0.05) is 11.6 Å². The summed E-state index contributed by atoms with van der Waals surface area (Å²) >= 11 is 7.50. The third-order valence-corrected chi connectivity index (χ3v) is 3.75. The van der Waals surface area contributed by atoms with E-state index in [1.807, 2.05) is 12.3 Å². The standard InChI is InChI=1S/C12H15ClN4O2S/c1-2-17-7-9(13)11(15-17)12(19)16(4-5-18)8-10-14-3-6-20-10/h3,6-7,18H,2,4-5,8H2,1H3. The van der Waals surface area contributed by atoms with Gasteiger partial charge in [-0.15, -0.1) is 11.3 Å². The summed E-state index contributed by atoms with van der Waals surface area (Å²) in [5.74, 6) is -0.300. The molecule has 0 saturated carbocycles. The van der Waals surface area contributed by atoms with E-state index in [2.05, 4.69) is 10.1 Å². The number of aryl methyl sites for hydroxylation is 1. The summed E-state index contributed by atoms with van der Waals surface area (Å²) in [6.45, 7) is 2.99. The molecule has 2 aromatic heterocycles. The Morgan fingerprint density at radius 2 is 2.40 bits per heavy atom. The largest absolute Gasteiger partial charge is 0.395 e. The Labute approximate surface area is 125 Å². The van der Waals surface area contributed by atoms with Crippen molar-refractivity contribution in [2.45, 2.75) is 20.0 Å². The van der Waals surface area contributed by atoms with Crippen LogP contribution in [0.1, 0.15) is 22.4 Å². The third-order valence-electron chi connectivity index (χ3n) is 2.71. The van der Waals surface area contributed by atoms with Gasteiger partial charge in [0, 0.05) is 30.9 Å². The van der Waals surface area contributed by atoms with Crippen LogP contribution in [0.5, 0.6) is 0 Å². The van der Waals surface area contributed by atoms with Gasteiger partial charge in [-0.3, -0.25) is 9.48 Å². The molecule has 0 aliphatic carbocycles. The van der Waals surface area contributed by atoms with Crippen LogP contribution in [-0.4, -0.2) is 43.8 Å². The molecule has 0 aliphatic rings. The zero-order chi connectivity index (χ0) is 14.5. The maximum Gasteiger partial charge on any atom is 0.276 e. The Morgan fingerprint density at radius 3 is 2.95 bits per heavy atom. The Morgan fingerprint density at radius 1 is 1.60 bits per heavy atom. The minimum absolute atomic E-state index is 0.122. The lowest BCUT2D eigenvalue weighted by molar-refractivity contribution is 0.0701. The van der Waals surface area contributed by atoms with Crippen molar-refractivity contribution >= 4 is 28.8 Å². The van der Waals surface area contributed by atoms with Crippen molar-refractivity contribution < 1.29 is 9.90 Å². The molecule has 0 bridgehead atoms. The molecule has 0 saturated heterocycles. The summed E-state index contributed by atoms with van der Waals surface area (Å²) in [5.41, 5.74) is 0.207. The highest BCUT2D eigenvalue weighted by atomic mass is 35.5. The maximum absolute atomic E-state index is 12.4. The number of rotatable bonds is 6. The molecule has 0 fully saturated rings. The number of aromatic nitrogens is 3. The predicted octanol–water partition coefficient (Wildman–Crippen LogP) is 1.65. The van der Waals surface area contributed by atoms with Gasteiger partial charge in [0.2, 0.25) is 0 Å². The van der Waals surface area contributed by atoms with Crippen LogP contribution < -0.4 is 0 Å². The first-order valence-corrected chi connectivity index (χ1v) is 7.43. The van der Waals surface area contributed by atoms with Crippen LogP contribution in [-0.2, 0) is 13.1 Å². The van der Waals surface area contributed by atoms with E-state index in [-0.39, 0.29) is 24.8 Å². The number of thiazole rings is 1. The van der Waals surface area contributed by atoms with Gasteiger partial charge in [0.05, 0.1) is 18.2 Å². The second kappa shape index (κ2) is 6.83. The molecule has 0 unspecified atom stereocenters. The van der Waals surface area contributed by atoms with Gasteiger partial charge in [0.15, 0.2) is 5.69 Å². The number of nitrogens with zero attached hydrogens (tertiary/aromatic N) is 4. The molecule has 1 amide bonds. The minimum Gasteiger partial charge on any atom is -0.395 e. The number of hydrogen-bond donors (Lipinski definition) is 1. The SMILES string of the molecule is CCn1cc(Cl)c(C(=O)N(CCO)Cc2nccs2)n1. The second-order valence-corrected chi connectivity index (χ2v) is 5.44. The van der Waals surface area contributed by atoms with Crippen LogP contribution in [0.2, 0.25) is 5.02 Å². The molecule has 8 heteroatoms. The van der Waals surface area contributed by atoms with Gasteiger partial charge in [0.25, 0.3) is 5.91 Å². The fourth-order valence-electron chi connectivity index (χ4n) is 1.72. The van der Waals surface area contributed by atoms with Crippen LogP contribution in [0, 0.1) is 0 Å². The van der Waals surface area contributed by atoms with E-state index >= 15 is 0 Å². The molecule has 6 nitrogen and oxygen atoms in total. The van der Waals surface area contributed by atoms with Gasteiger partial charge in [-0.05, 0) is 6.92 Å². The maximum atomic E-state index is 12.4. The van der Waals surface area contributed by atoms with Crippen molar-refractivity contribution in [2.24, 2.45) is 0 Å². The van der Waals surface area contributed by atoms with Gasteiger partial charge >= 0.3 is 0 Å². The smallest absolute Gasteiger partial charge is 0.276 e. The topological polar surface area (TPSA) is 71.2 Å². The van der Waals surface area contributed by atoms with Crippen LogP contribution in [0.25, 0.3) is 0 Å². The number of hydrogen-bond acceptors (Lipinski definition) is 5. The number of carbonyl (C=O) groups is 1. The fraction of sp³-hybridized carbons (Fsp3) is 0.417. The Bertz CT molecular complexity index is 570. The van der Waals surface area contributed by atoms with Crippen molar-refractivity contribution in [1.82, 2.24) is 19.7 Å². The Balaban J connectivity index is 2.19. The summed E-state index contributed by atoms with van der Waals surface area (Å²) in [7, 11) is 0. The summed E-state index contributed by atoms with van der Waals surface area (Å²) in [6, 6.07) is 0. The number of carbonyl (C=O) groups excluding carboxylic acids is 1. The van der Waals surface area contributed by atoms with Crippen LogP contribution in [0.15, 0.2) is 17.8 Å². The molecule has 2 aromatic rings. The summed E-state index contributed by atoms with van der Waals surface area (Å²) in [6.07, 6.45) is 3.30. The van der Waals surface area contributed by atoms with Crippen molar-refractivity contribution in [2.75, 3.05) is 13.2 Å². The zero-order valence-electron chi connectivity index (χ0n) is 11.0. The van der Waals surface area contributed by atoms with Crippen LogP contribution in [0.4, 0.5) is 0 Å². The molecule has 2 rings (SSSR count). The Kier molecular flexibility index (Phi) is 5.11. The van der Waals surface area contributed by atoms with E-state index in [1.165, 1.54) is 16.2 Å². The number of halogens is 1. The predicted molar refractivity (Wildman–Crippen MR) is 76.9 cm³/mol. The molecular formula is C12H15ClN4O2S. The first-order valence-electron chi connectivity index (χ1n) is 6.17. The molecule has 20 heavy (non-hydrogen) atoms. The number of aliphatic hydroxyl groups excluding tert-OH is 1. The normalized spacial score (nSPS) is 10.8. The van der Waals surface area contributed by atoms with Crippen molar-refractivity contribution in [1.29, 1.82) is 0 Å². The first kappa shape index (κ1) is 15.0. The highest BCUT2D eigenvalue weighted by molar-refractivity contribution is 7.09. The quantitative estimate of drug-likeness (QED) is 0.880. The highest BCUT2D eigenvalue weighted by Crippen LogP contribution is 2.18. The fourth-order valence-corrected chi connectivity index (χ4v) is 2.58. The van der Waals surface area contributed by atoms with Crippen LogP contribution in [0.3, 0.4) is 0 Å². The number of aliphatic hydroxyl groups is 1. The lowest BCUT2D eigenvalue weighted by Crippen LogP contribution is -2.33. The first-order chi connectivity index (χ1) is 9.65. The second-order valence-electron chi connectivity index (χ2n) is 4.06. The van der Waals surface area contributed by atoms with Gasteiger partial charge < -0.3 is 10.0 Å². The van der Waals surface area contributed by atoms with E-state index < -0.39 is 0 Å². The van der Waals surface area contributed by atoms with E-state index in [9.17, 15) is 4.79 Å². The molecule has 0 spiro atoms. The monoisotopic (exact) mass is 314 g/mol. The molecule has 1 N–H and O–H groups in total. The van der Waals surface area contributed by atoms with Crippen molar-refractivity contribution in [3.8, 4) is 0 Å². The zero-order valence-corrected chi connectivity index (χ0v) is 12.6.